The standard InChI is InChI=1S/C31H33F3N4O4S/c32-31(33,34)19-7-9-23(10-8-19)42-24-15-20(16-24)35-13-11-28(40)37-14-12-27-26(18-37)29(41)38(21-3-1-4-22(39)17-21)30(36-27)43-25-5-2-6-25/h1,3-4,7-10,17,20,24-25,35,39H,2,5-6,11-16,18H2. The highest BCUT2D eigenvalue weighted by Gasteiger charge is 2.33. The fourth-order valence-corrected chi connectivity index (χ4v) is 6.85. The number of alkyl halides is 3. The van der Waals surface area contributed by atoms with Gasteiger partial charge in [-0.2, -0.15) is 13.2 Å². The molecule has 0 unspecified atom stereocenters. The highest BCUT2D eigenvalue weighted by molar-refractivity contribution is 7.99. The number of hydrogen-bond acceptors (Lipinski definition) is 7. The van der Waals surface area contributed by atoms with Gasteiger partial charge in [0.1, 0.15) is 17.6 Å². The summed E-state index contributed by atoms with van der Waals surface area (Å²) in [4.78, 5) is 33.5. The van der Waals surface area contributed by atoms with Crippen LogP contribution in [0.4, 0.5) is 13.2 Å². The predicted octanol–water partition coefficient (Wildman–Crippen LogP) is 5.08. The number of amides is 1. The van der Waals surface area contributed by atoms with Crippen LogP contribution in [0.2, 0.25) is 0 Å². The number of rotatable bonds is 9. The Morgan fingerprint density at radius 3 is 2.58 bits per heavy atom. The predicted molar refractivity (Wildman–Crippen MR) is 156 cm³/mol. The van der Waals surface area contributed by atoms with Crippen LogP contribution in [0.15, 0.2) is 58.5 Å². The summed E-state index contributed by atoms with van der Waals surface area (Å²) >= 11 is 1.61. The summed E-state index contributed by atoms with van der Waals surface area (Å²) in [6, 6.07) is 11.4. The Kier molecular flexibility index (Phi) is 8.41. The van der Waals surface area contributed by atoms with Crippen molar-refractivity contribution in [3.63, 3.8) is 0 Å². The summed E-state index contributed by atoms with van der Waals surface area (Å²) in [6.45, 7) is 1.16. The van der Waals surface area contributed by atoms with Gasteiger partial charge in [0, 0.05) is 43.3 Å². The zero-order valence-corrected chi connectivity index (χ0v) is 24.3. The third-order valence-electron chi connectivity index (χ3n) is 8.31. The van der Waals surface area contributed by atoms with E-state index in [9.17, 15) is 27.9 Å². The van der Waals surface area contributed by atoms with Crippen molar-refractivity contribution in [2.24, 2.45) is 0 Å². The summed E-state index contributed by atoms with van der Waals surface area (Å²) in [5.74, 6) is 0.421. The molecule has 3 aliphatic rings. The molecule has 2 heterocycles. The molecule has 1 aromatic heterocycles. The molecule has 1 aliphatic heterocycles. The number of thioether (sulfide) groups is 1. The number of nitrogens with zero attached hydrogens (tertiary/aromatic N) is 3. The first-order valence-electron chi connectivity index (χ1n) is 14.6. The average molecular weight is 615 g/mol. The minimum atomic E-state index is -4.38. The highest BCUT2D eigenvalue weighted by atomic mass is 32.2. The molecule has 12 heteroatoms. The molecule has 2 saturated carbocycles. The lowest BCUT2D eigenvalue weighted by Gasteiger charge is -2.36. The molecule has 2 N–H and O–H groups in total. The van der Waals surface area contributed by atoms with Gasteiger partial charge in [-0.25, -0.2) is 4.98 Å². The molecule has 3 aromatic rings. The monoisotopic (exact) mass is 614 g/mol. The summed E-state index contributed by atoms with van der Waals surface area (Å²) in [7, 11) is 0. The van der Waals surface area contributed by atoms with Gasteiger partial charge in [0.05, 0.1) is 29.1 Å². The van der Waals surface area contributed by atoms with E-state index in [4.69, 9.17) is 9.72 Å². The average Bonchev–Trinajstić information content (AvgIpc) is 2.93. The Morgan fingerprint density at radius 2 is 1.91 bits per heavy atom. The molecule has 0 atom stereocenters. The number of halogens is 3. The molecule has 0 spiro atoms. The molecule has 2 aliphatic carbocycles. The lowest BCUT2D eigenvalue weighted by molar-refractivity contribution is -0.137. The van der Waals surface area contributed by atoms with Gasteiger partial charge in [-0.1, -0.05) is 24.2 Å². The molecule has 6 rings (SSSR count). The number of phenols is 1. The van der Waals surface area contributed by atoms with Crippen LogP contribution >= 0.6 is 11.8 Å². The number of phenolic OH excluding ortho intramolecular Hbond substituents is 1. The summed E-state index contributed by atoms with van der Waals surface area (Å²) < 4.78 is 45.6. The second-order valence-corrected chi connectivity index (χ2v) is 12.6. The van der Waals surface area contributed by atoms with Crippen molar-refractivity contribution in [3.8, 4) is 17.2 Å². The third-order valence-corrected chi connectivity index (χ3v) is 9.60. The van der Waals surface area contributed by atoms with E-state index >= 15 is 0 Å². The molecule has 0 radical (unpaired) electrons. The number of benzene rings is 2. The highest BCUT2D eigenvalue weighted by Crippen LogP contribution is 2.37. The van der Waals surface area contributed by atoms with Crippen LogP contribution in [0.3, 0.4) is 0 Å². The Hall–Kier alpha value is -3.51. The molecule has 1 amide bonds. The van der Waals surface area contributed by atoms with Crippen molar-refractivity contribution in [2.75, 3.05) is 13.1 Å². The Bertz CT molecular complexity index is 1540. The van der Waals surface area contributed by atoms with E-state index in [0.717, 1.165) is 30.7 Å². The molecular weight excluding hydrogens is 581 g/mol. The molecule has 0 saturated heterocycles. The molecule has 2 aromatic carbocycles. The van der Waals surface area contributed by atoms with E-state index in [0.29, 0.717) is 59.8 Å². The second-order valence-electron chi connectivity index (χ2n) is 11.4. The van der Waals surface area contributed by atoms with Crippen LogP contribution < -0.4 is 15.6 Å². The SMILES string of the molecule is O=C(CCNC1CC(Oc2ccc(C(F)(F)F)cc2)C1)N1CCc2nc(SC3CCC3)n(-c3cccc(O)c3)c(=O)c2C1. The number of aromatic nitrogens is 2. The van der Waals surface area contributed by atoms with E-state index in [1.54, 1.807) is 45.5 Å². The maximum absolute atomic E-state index is 13.8. The maximum atomic E-state index is 13.8. The Balaban J connectivity index is 1.03. The zero-order chi connectivity index (χ0) is 30.1. The van der Waals surface area contributed by atoms with Gasteiger partial charge >= 0.3 is 6.18 Å². The smallest absolute Gasteiger partial charge is 0.416 e. The molecule has 2 fully saturated rings. The van der Waals surface area contributed by atoms with Crippen molar-refractivity contribution >= 4 is 17.7 Å². The van der Waals surface area contributed by atoms with Crippen LogP contribution in [-0.4, -0.2) is 55.9 Å². The number of ether oxygens (including phenoxy) is 1. The lowest BCUT2D eigenvalue weighted by Crippen LogP contribution is -2.48. The third kappa shape index (κ3) is 6.70. The van der Waals surface area contributed by atoms with Crippen LogP contribution in [0.1, 0.15) is 55.3 Å². The Morgan fingerprint density at radius 1 is 1.14 bits per heavy atom. The maximum Gasteiger partial charge on any atom is 0.416 e. The normalized spacial score (nSPS) is 20.2. The quantitative estimate of drug-likeness (QED) is 0.325. The van der Waals surface area contributed by atoms with E-state index < -0.39 is 11.7 Å². The number of carbonyl (C=O) groups excluding carboxylic acids is 1. The van der Waals surface area contributed by atoms with Crippen molar-refractivity contribution in [1.29, 1.82) is 0 Å². The van der Waals surface area contributed by atoms with Crippen molar-refractivity contribution in [2.45, 2.75) is 80.2 Å². The Labute approximate surface area is 251 Å². The first-order chi connectivity index (χ1) is 20.6. The number of hydrogen-bond donors (Lipinski definition) is 2. The van der Waals surface area contributed by atoms with E-state index in [1.165, 1.54) is 18.6 Å². The molecule has 228 valence electrons. The molecule has 0 bridgehead atoms. The molecule has 43 heavy (non-hydrogen) atoms. The lowest BCUT2D eigenvalue weighted by atomic mass is 9.89. The van der Waals surface area contributed by atoms with Crippen molar-refractivity contribution < 1.29 is 27.8 Å². The van der Waals surface area contributed by atoms with Gasteiger partial charge in [0.15, 0.2) is 5.16 Å². The van der Waals surface area contributed by atoms with Crippen LogP contribution in [0.25, 0.3) is 5.69 Å². The summed E-state index contributed by atoms with van der Waals surface area (Å²) in [5.41, 5.74) is 0.883. The molecule has 8 nitrogen and oxygen atoms in total. The van der Waals surface area contributed by atoms with E-state index in [2.05, 4.69) is 5.32 Å². The van der Waals surface area contributed by atoms with Crippen LogP contribution in [0, 0.1) is 0 Å². The minimum absolute atomic E-state index is 0.0498. The van der Waals surface area contributed by atoms with Gasteiger partial charge in [0.2, 0.25) is 5.91 Å². The van der Waals surface area contributed by atoms with Gasteiger partial charge < -0.3 is 20.1 Å². The van der Waals surface area contributed by atoms with E-state index in [-0.39, 0.29) is 42.3 Å². The zero-order valence-electron chi connectivity index (χ0n) is 23.5. The second kappa shape index (κ2) is 12.2. The summed E-state index contributed by atoms with van der Waals surface area (Å²) in [5, 5.41) is 14.5. The number of aromatic hydroxyl groups is 1. The first-order valence-corrected chi connectivity index (χ1v) is 15.5. The van der Waals surface area contributed by atoms with Gasteiger partial charge in [0.25, 0.3) is 5.56 Å². The number of fused-ring (bicyclic) bond motifs is 1. The van der Waals surface area contributed by atoms with Gasteiger partial charge in [-0.15, -0.1) is 0 Å². The van der Waals surface area contributed by atoms with Crippen LogP contribution in [0.5, 0.6) is 11.5 Å². The van der Waals surface area contributed by atoms with Crippen molar-refractivity contribution in [3.05, 3.63) is 75.7 Å². The first kappa shape index (κ1) is 29.6. The molecular formula is C31H33F3N4O4S. The number of nitrogens with one attached hydrogen (secondary N) is 1. The van der Waals surface area contributed by atoms with E-state index in [1.807, 2.05) is 0 Å². The largest absolute Gasteiger partial charge is 0.508 e. The fraction of sp³-hybridized carbons (Fsp3) is 0.452. The van der Waals surface area contributed by atoms with Gasteiger partial charge in [-0.05, 0) is 62.1 Å². The van der Waals surface area contributed by atoms with Crippen molar-refractivity contribution in [1.82, 2.24) is 19.8 Å². The van der Waals surface area contributed by atoms with Crippen LogP contribution in [-0.2, 0) is 23.9 Å². The minimum Gasteiger partial charge on any atom is -0.508 e. The summed E-state index contributed by atoms with van der Waals surface area (Å²) in [6.07, 6.45) is 1.07. The fourth-order valence-electron chi connectivity index (χ4n) is 5.53. The van der Waals surface area contributed by atoms with Gasteiger partial charge in [-0.3, -0.25) is 14.2 Å². The number of carbonyl (C=O) groups is 1. The topological polar surface area (TPSA) is 96.7 Å².